The van der Waals surface area contributed by atoms with Gasteiger partial charge in [0.15, 0.2) is 0 Å². The van der Waals surface area contributed by atoms with Crippen molar-refractivity contribution >= 4 is 11.9 Å². The lowest BCUT2D eigenvalue weighted by Crippen LogP contribution is -2.34. The van der Waals surface area contributed by atoms with Gasteiger partial charge in [-0.25, -0.2) is 0 Å². The molecule has 3 rings (SSSR count). The van der Waals surface area contributed by atoms with Crippen LogP contribution in [-0.4, -0.2) is 39.5 Å². The summed E-state index contributed by atoms with van der Waals surface area (Å²) in [4.78, 5) is 25.1. The van der Waals surface area contributed by atoms with Gasteiger partial charge in [-0.1, -0.05) is 0 Å². The molecule has 0 radical (unpaired) electrons. The van der Waals surface area contributed by atoms with Gasteiger partial charge in [0, 0.05) is 25.3 Å². The number of carbonyl (C=O) groups excluding carboxylic acids is 1. The van der Waals surface area contributed by atoms with Gasteiger partial charge in [0.05, 0.1) is 5.92 Å². The minimum absolute atomic E-state index is 0.0232. The minimum Gasteiger partial charge on any atom is -0.481 e. The Hall–Kier alpha value is -1.78. The first-order chi connectivity index (χ1) is 9.00. The lowest BCUT2D eigenvalue weighted by atomic mass is 10.2. The summed E-state index contributed by atoms with van der Waals surface area (Å²) in [7, 11) is 0. The number of carbonyl (C=O) groups is 2. The Morgan fingerprint density at radius 2 is 1.95 bits per heavy atom. The van der Waals surface area contributed by atoms with Gasteiger partial charge >= 0.3 is 5.97 Å². The molecule has 2 aliphatic rings. The number of rotatable bonds is 3. The fourth-order valence-electron chi connectivity index (χ4n) is 3.25. The summed E-state index contributed by atoms with van der Waals surface area (Å²) in [6.45, 7) is 5.25. The second kappa shape index (κ2) is 4.11. The molecule has 0 bridgehead atoms. The highest BCUT2D eigenvalue weighted by Gasteiger charge is 2.60. The molecule has 1 unspecified atom stereocenters. The largest absolute Gasteiger partial charge is 0.481 e. The number of fused-ring (bicyclic) bond motifs is 1. The predicted molar refractivity (Wildman–Crippen MR) is 68.8 cm³/mol. The van der Waals surface area contributed by atoms with E-state index in [4.69, 9.17) is 5.11 Å². The molecule has 1 aromatic heterocycles. The highest BCUT2D eigenvalue weighted by atomic mass is 16.4. The third-order valence-electron chi connectivity index (χ3n) is 4.32. The molecule has 5 heteroatoms. The normalized spacial score (nSPS) is 28.6. The van der Waals surface area contributed by atoms with E-state index in [1.165, 1.54) is 0 Å². The summed E-state index contributed by atoms with van der Waals surface area (Å²) in [6, 6.07) is 3.96. The van der Waals surface area contributed by atoms with Crippen molar-refractivity contribution in [2.75, 3.05) is 13.1 Å². The van der Waals surface area contributed by atoms with Gasteiger partial charge in [-0.3, -0.25) is 9.59 Å². The van der Waals surface area contributed by atoms with E-state index in [2.05, 4.69) is 0 Å². The molecule has 2 fully saturated rings. The Bertz CT molecular complexity index is 523. The van der Waals surface area contributed by atoms with Crippen molar-refractivity contribution in [3.63, 3.8) is 0 Å². The zero-order valence-corrected chi connectivity index (χ0v) is 11.1. The van der Waals surface area contributed by atoms with E-state index in [1.807, 2.05) is 36.7 Å². The zero-order chi connectivity index (χ0) is 13.7. The number of aromatic nitrogens is 1. The maximum atomic E-state index is 12.4. The highest BCUT2D eigenvalue weighted by Crippen LogP contribution is 2.51. The molecule has 102 valence electrons. The number of hydrogen-bond donors (Lipinski definition) is 1. The van der Waals surface area contributed by atoms with Gasteiger partial charge < -0.3 is 14.6 Å². The summed E-state index contributed by atoms with van der Waals surface area (Å²) < 4.78 is 1.96. The van der Waals surface area contributed by atoms with Crippen LogP contribution in [0.3, 0.4) is 0 Å². The van der Waals surface area contributed by atoms with E-state index >= 15 is 0 Å². The van der Waals surface area contributed by atoms with Crippen LogP contribution in [0.1, 0.15) is 30.4 Å². The van der Waals surface area contributed by atoms with Gasteiger partial charge in [-0.15, -0.1) is 0 Å². The summed E-state index contributed by atoms with van der Waals surface area (Å²) in [5.74, 6) is -0.573. The van der Waals surface area contributed by atoms with Crippen LogP contribution in [0.25, 0.3) is 0 Å². The first-order valence-corrected chi connectivity index (χ1v) is 6.69. The van der Waals surface area contributed by atoms with E-state index in [9.17, 15) is 9.59 Å². The Morgan fingerprint density at radius 3 is 2.47 bits per heavy atom. The summed E-state index contributed by atoms with van der Waals surface area (Å²) in [5, 5.41) is 8.98. The fourth-order valence-corrected chi connectivity index (χ4v) is 3.25. The van der Waals surface area contributed by atoms with Crippen molar-refractivity contribution in [2.45, 2.75) is 19.9 Å². The molecule has 0 spiro atoms. The van der Waals surface area contributed by atoms with E-state index < -0.39 is 5.97 Å². The van der Waals surface area contributed by atoms with Crippen LogP contribution in [0.5, 0.6) is 0 Å². The molecule has 5 nitrogen and oxygen atoms in total. The number of aliphatic carboxylic acids is 1. The SMILES string of the molecule is CC(C)n1cccc1C(=O)N1C[C@@H]2C(C(=O)O)[C@@H]2C1. The Labute approximate surface area is 111 Å². The smallest absolute Gasteiger partial charge is 0.307 e. The van der Waals surface area contributed by atoms with E-state index in [0.29, 0.717) is 18.8 Å². The fraction of sp³-hybridized carbons (Fsp3) is 0.571. The molecule has 19 heavy (non-hydrogen) atoms. The molecule has 1 saturated carbocycles. The molecule has 1 aromatic rings. The Balaban J connectivity index is 1.71. The lowest BCUT2D eigenvalue weighted by molar-refractivity contribution is -0.139. The van der Waals surface area contributed by atoms with Gasteiger partial charge in [0.2, 0.25) is 0 Å². The van der Waals surface area contributed by atoms with Gasteiger partial charge in [-0.05, 0) is 37.8 Å². The van der Waals surface area contributed by atoms with E-state index in [-0.39, 0.29) is 29.7 Å². The van der Waals surface area contributed by atoms with Crippen LogP contribution >= 0.6 is 0 Å². The van der Waals surface area contributed by atoms with E-state index in [1.54, 1.807) is 4.90 Å². The second-order valence-corrected chi connectivity index (χ2v) is 5.80. The number of nitrogens with zero attached hydrogens (tertiary/aromatic N) is 2. The molecule has 3 atom stereocenters. The molecule has 1 N–H and O–H groups in total. The number of hydrogen-bond acceptors (Lipinski definition) is 2. The summed E-state index contributed by atoms with van der Waals surface area (Å²) in [5.41, 5.74) is 0.697. The quantitative estimate of drug-likeness (QED) is 0.897. The van der Waals surface area contributed by atoms with E-state index in [0.717, 1.165) is 0 Å². The van der Waals surface area contributed by atoms with Crippen molar-refractivity contribution in [2.24, 2.45) is 17.8 Å². The zero-order valence-electron chi connectivity index (χ0n) is 11.1. The summed E-state index contributed by atoms with van der Waals surface area (Å²) >= 11 is 0. The van der Waals surface area contributed by atoms with Crippen LogP contribution in [0, 0.1) is 17.8 Å². The lowest BCUT2D eigenvalue weighted by Gasteiger charge is -2.21. The average molecular weight is 262 g/mol. The second-order valence-electron chi connectivity index (χ2n) is 5.80. The van der Waals surface area contributed by atoms with Crippen molar-refractivity contribution in [1.82, 2.24) is 9.47 Å². The monoisotopic (exact) mass is 262 g/mol. The Morgan fingerprint density at radius 1 is 1.32 bits per heavy atom. The van der Waals surface area contributed by atoms with Crippen molar-refractivity contribution in [1.29, 1.82) is 0 Å². The number of likely N-dealkylation sites (tertiary alicyclic amines) is 1. The van der Waals surface area contributed by atoms with Gasteiger partial charge in [-0.2, -0.15) is 0 Å². The minimum atomic E-state index is -0.715. The van der Waals surface area contributed by atoms with Crippen LogP contribution in [0.15, 0.2) is 18.3 Å². The highest BCUT2D eigenvalue weighted by molar-refractivity contribution is 5.93. The number of amides is 1. The van der Waals surface area contributed by atoms with Crippen LogP contribution in [0.4, 0.5) is 0 Å². The molecule has 0 aromatic carbocycles. The molecule has 1 aliphatic heterocycles. The number of carboxylic acid groups (broad SMARTS) is 1. The molecule has 1 aliphatic carbocycles. The van der Waals surface area contributed by atoms with Crippen LogP contribution < -0.4 is 0 Å². The first-order valence-electron chi connectivity index (χ1n) is 6.69. The molecular formula is C14H18N2O3. The maximum Gasteiger partial charge on any atom is 0.307 e. The average Bonchev–Trinajstić information content (AvgIpc) is 2.78. The maximum absolute atomic E-state index is 12.4. The summed E-state index contributed by atoms with van der Waals surface area (Å²) in [6.07, 6.45) is 1.91. The predicted octanol–water partition coefficient (Wildman–Crippen LogP) is 1.47. The van der Waals surface area contributed by atoms with Crippen LogP contribution in [0.2, 0.25) is 0 Å². The standard InChI is InChI=1S/C14H18N2O3/c1-8(2)16-5-3-4-11(16)13(17)15-6-9-10(7-15)12(9)14(18)19/h3-5,8-10,12H,6-7H2,1-2H3,(H,18,19)/t9-,10+,12?. The van der Waals surface area contributed by atoms with Crippen molar-refractivity contribution in [3.05, 3.63) is 24.0 Å². The number of piperidine rings is 1. The Kier molecular flexibility index (Phi) is 2.66. The molecule has 1 saturated heterocycles. The topological polar surface area (TPSA) is 62.5 Å². The number of carboxylic acids is 1. The molecule has 2 heterocycles. The van der Waals surface area contributed by atoms with Crippen molar-refractivity contribution in [3.8, 4) is 0 Å². The van der Waals surface area contributed by atoms with Gasteiger partial charge in [0.1, 0.15) is 5.69 Å². The third kappa shape index (κ3) is 1.84. The van der Waals surface area contributed by atoms with Crippen LogP contribution in [-0.2, 0) is 4.79 Å². The van der Waals surface area contributed by atoms with Gasteiger partial charge in [0.25, 0.3) is 5.91 Å². The van der Waals surface area contributed by atoms with Crippen molar-refractivity contribution < 1.29 is 14.7 Å². The first kappa shape index (κ1) is 12.3. The molecule has 1 amide bonds. The molecular weight excluding hydrogens is 244 g/mol. The third-order valence-corrected chi connectivity index (χ3v) is 4.32.